The van der Waals surface area contributed by atoms with Gasteiger partial charge in [-0.25, -0.2) is 4.98 Å². The Morgan fingerprint density at radius 1 is 1.11 bits per heavy atom. The van der Waals surface area contributed by atoms with Gasteiger partial charge in [-0.15, -0.1) is 21.5 Å². The molecule has 9 heteroatoms. The highest BCUT2D eigenvalue weighted by atomic mass is 32.2. The normalized spacial score (nSPS) is 22.4. The maximum atomic E-state index is 13.5. The van der Waals surface area contributed by atoms with Crippen molar-refractivity contribution in [3.05, 3.63) is 70.9 Å². The molecule has 1 aliphatic heterocycles. The van der Waals surface area contributed by atoms with Crippen LogP contribution < -0.4 is 0 Å². The van der Waals surface area contributed by atoms with Crippen LogP contribution in [0.15, 0.2) is 65.4 Å². The Labute approximate surface area is 225 Å². The lowest BCUT2D eigenvalue weighted by Crippen LogP contribution is -2.37. The average molecular weight is 531 g/mol. The molecule has 190 valence electrons. The Balaban J connectivity index is 1.21. The van der Waals surface area contributed by atoms with Crippen molar-refractivity contribution in [2.75, 3.05) is 6.54 Å². The number of nitrogens with zero attached hydrogens (tertiary/aromatic N) is 6. The number of carbonyl (C=O) groups is 1. The predicted octanol–water partition coefficient (Wildman–Crippen LogP) is 6.12. The minimum Gasteiger partial charge on any atom is -0.334 e. The number of likely N-dealkylation sites (tertiary alicyclic amines) is 1. The van der Waals surface area contributed by atoms with Crippen LogP contribution in [0.2, 0.25) is 0 Å². The van der Waals surface area contributed by atoms with Gasteiger partial charge in [0.1, 0.15) is 10.7 Å². The maximum Gasteiger partial charge on any atom is 0.273 e. The first kappa shape index (κ1) is 24.3. The SMILES string of the molecule is CC1(C)CC2CC(C)(CN2C(=O)c2csc(CSc3nnc(-c4cccnc4)n3-c3ccccc3)n2)C1. The number of rotatable bonds is 6. The first-order valence-corrected chi connectivity index (χ1v) is 14.5. The van der Waals surface area contributed by atoms with Crippen LogP contribution in [-0.2, 0) is 5.75 Å². The van der Waals surface area contributed by atoms with Crippen molar-refractivity contribution in [1.29, 1.82) is 0 Å². The molecule has 1 amide bonds. The number of para-hydroxylation sites is 1. The quantitative estimate of drug-likeness (QED) is 0.280. The van der Waals surface area contributed by atoms with Crippen LogP contribution in [0.5, 0.6) is 0 Å². The largest absolute Gasteiger partial charge is 0.334 e. The topological polar surface area (TPSA) is 76.8 Å². The van der Waals surface area contributed by atoms with Crippen LogP contribution in [-0.4, -0.2) is 48.1 Å². The van der Waals surface area contributed by atoms with Crippen molar-refractivity contribution < 1.29 is 4.79 Å². The van der Waals surface area contributed by atoms with Gasteiger partial charge in [0.2, 0.25) is 0 Å². The molecule has 0 radical (unpaired) electrons. The van der Waals surface area contributed by atoms with Crippen LogP contribution in [0.1, 0.15) is 55.5 Å². The van der Waals surface area contributed by atoms with E-state index in [0.717, 1.165) is 46.6 Å². The fraction of sp³-hybridized carbons (Fsp3) is 0.393. The summed E-state index contributed by atoms with van der Waals surface area (Å²) in [6.45, 7) is 7.83. The maximum absolute atomic E-state index is 13.5. The zero-order valence-corrected chi connectivity index (χ0v) is 22.9. The minimum atomic E-state index is 0.0743. The van der Waals surface area contributed by atoms with E-state index in [-0.39, 0.29) is 16.7 Å². The van der Waals surface area contributed by atoms with Crippen molar-refractivity contribution in [2.45, 2.75) is 57.0 Å². The molecule has 0 spiro atoms. The molecule has 4 heterocycles. The summed E-state index contributed by atoms with van der Waals surface area (Å²) in [5.41, 5.74) is 2.95. The minimum absolute atomic E-state index is 0.0743. The molecule has 2 fully saturated rings. The lowest BCUT2D eigenvalue weighted by atomic mass is 9.65. The van der Waals surface area contributed by atoms with Gasteiger partial charge < -0.3 is 4.90 Å². The Morgan fingerprint density at radius 3 is 2.73 bits per heavy atom. The van der Waals surface area contributed by atoms with Crippen molar-refractivity contribution in [3.8, 4) is 17.1 Å². The van der Waals surface area contributed by atoms with Gasteiger partial charge in [-0.1, -0.05) is 50.7 Å². The third kappa shape index (κ3) is 4.82. The van der Waals surface area contributed by atoms with Crippen LogP contribution in [0.4, 0.5) is 0 Å². The molecule has 37 heavy (non-hydrogen) atoms. The molecule has 4 aromatic rings. The first-order chi connectivity index (χ1) is 17.8. The molecule has 2 unspecified atom stereocenters. The summed E-state index contributed by atoms with van der Waals surface area (Å²) >= 11 is 3.11. The molecule has 2 atom stereocenters. The van der Waals surface area contributed by atoms with Crippen LogP contribution in [0.25, 0.3) is 17.1 Å². The summed E-state index contributed by atoms with van der Waals surface area (Å²) in [6.07, 6.45) is 6.88. The van der Waals surface area contributed by atoms with Crippen LogP contribution >= 0.6 is 23.1 Å². The highest BCUT2D eigenvalue weighted by Gasteiger charge is 2.51. The molecule has 0 N–H and O–H groups in total. The van der Waals surface area contributed by atoms with Crippen LogP contribution in [0.3, 0.4) is 0 Å². The summed E-state index contributed by atoms with van der Waals surface area (Å²) < 4.78 is 2.05. The summed E-state index contributed by atoms with van der Waals surface area (Å²) in [4.78, 5) is 24.6. The van der Waals surface area contributed by atoms with Crippen molar-refractivity contribution in [1.82, 2.24) is 29.6 Å². The molecule has 7 nitrogen and oxygen atoms in total. The zero-order chi connectivity index (χ0) is 25.6. The standard InChI is InChI=1S/C28H30N6OS2/c1-27(2)12-21-13-28(3,17-27)18-33(21)25(35)22-15-36-23(30-22)16-37-26-32-31-24(19-8-7-11-29-14-19)34(26)20-9-5-4-6-10-20/h4-11,14-15,21H,12-13,16-18H2,1-3H3. The third-order valence-corrected chi connectivity index (χ3v) is 9.31. The zero-order valence-electron chi connectivity index (χ0n) is 21.3. The number of carbonyl (C=O) groups excluding carboxylic acids is 1. The van der Waals surface area contributed by atoms with Gasteiger partial charge in [0.25, 0.3) is 5.91 Å². The Kier molecular flexibility index (Phi) is 6.15. The molecule has 1 aliphatic carbocycles. The average Bonchev–Trinajstić information content (AvgIpc) is 3.58. The van der Waals surface area contributed by atoms with E-state index in [4.69, 9.17) is 4.98 Å². The number of benzene rings is 1. The van der Waals surface area contributed by atoms with Crippen molar-refractivity contribution in [2.24, 2.45) is 10.8 Å². The third-order valence-electron chi connectivity index (χ3n) is 7.34. The number of hydrogen-bond acceptors (Lipinski definition) is 7. The fourth-order valence-corrected chi connectivity index (χ4v) is 8.04. The summed E-state index contributed by atoms with van der Waals surface area (Å²) in [5.74, 6) is 1.43. The number of pyridine rings is 1. The van der Waals surface area contributed by atoms with E-state index < -0.39 is 0 Å². The number of fused-ring (bicyclic) bond motifs is 2. The first-order valence-electron chi connectivity index (χ1n) is 12.6. The number of hydrogen-bond donors (Lipinski definition) is 0. The Morgan fingerprint density at radius 2 is 1.95 bits per heavy atom. The molecule has 6 rings (SSSR count). The Hall–Kier alpha value is -3.04. The van der Waals surface area contributed by atoms with E-state index in [9.17, 15) is 4.79 Å². The molecule has 2 bridgehead atoms. The second kappa shape index (κ2) is 9.36. The van der Waals surface area contributed by atoms with Crippen molar-refractivity contribution in [3.63, 3.8) is 0 Å². The summed E-state index contributed by atoms with van der Waals surface area (Å²) in [7, 11) is 0. The Bertz CT molecular complexity index is 1420. The van der Waals surface area contributed by atoms with E-state index >= 15 is 0 Å². The number of amides is 1. The molecular formula is C28H30N6OS2. The van der Waals surface area contributed by atoms with E-state index in [0.29, 0.717) is 17.5 Å². The van der Waals surface area contributed by atoms with Gasteiger partial charge in [0, 0.05) is 41.6 Å². The monoisotopic (exact) mass is 530 g/mol. The van der Waals surface area contributed by atoms with E-state index in [1.165, 1.54) is 17.8 Å². The number of thioether (sulfide) groups is 1. The molecule has 3 aromatic heterocycles. The van der Waals surface area contributed by atoms with Gasteiger partial charge in [0.15, 0.2) is 11.0 Å². The molecular weight excluding hydrogens is 500 g/mol. The fourth-order valence-electron chi connectivity index (χ4n) is 6.30. The van der Waals surface area contributed by atoms with E-state index in [2.05, 4.69) is 40.9 Å². The smallest absolute Gasteiger partial charge is 0.273 e. The number of aromatic nitrogens is 5. The highest BCUT2D eigenvalue weighted by molar-refractivity contribution is 7.98. The van der Waals surface area contributed by atoms with Gasteiger partial charge in [-0.05, 0) is 54.4 Å². The second-order valence-electron chi connectivity index (χ2n) is 11.3. The van der Waals surface area contributed by atoms with Gasteiger partial charge >= 0.3 is 0 Å². The molecule has 2 aliphatic rings. The second-order valence-corrected chi connectivity index (χ2v) is 13.2. The van der Waals surface area contributed by atoms with Gasteiger partial charge in [-0.3, -0.25) is 14.3 Å². The van der Waals surface area contributed by atoms with Crippen LogP contribution in [0, 0.1) is 10.8 Å². The van der Waals surface area contributed by atoms with E-state index in [1.54, 1.807) is 24.2 Å². The predicted molar refractivity (Wildman–Crippen MR) is 147 cm³/mol. The lowest BCUT2D eigenvalue weighted by Gasteiger charge is -2.39. The molecule has 1 aromatic carbocycles. The highest BCUT2D eigenvalue weighted by Crippen LogP contribution is 2.52. The molecule has 1 saturated carbocycles. The number of thiazole rings is 1. The van der Waals surface area contributed by atoms with Gasteiger partial charge in [0.05, 0.1) is 5.75 Å². The summed E-state index contributed by atoms with van der Waals surface area (Å²) in [6, 6.07) is 14.3. The van der Waals surface area contributed by atoms with Gasteiger partial charge in [-0.2, -0.15) is 0 Å². The molecule has 1 saturated heterocycles. The van der Waals surface area contributed by atoms with E-state index in [1.807, 2.05) is 52.4 Å². The summed E-state index contributed by atoms with van der Waals surface area (Å²) in [5, 5.41) is 12.6. The lowest BCUT2D eigenvalue weighted by molar-refractivity contribution is 0.0703. The van der Waals surface area contributed by atoms with Crippen molar-refractivity contribution >= 4 is 29.0 Å².